The van der Waals surface area contributed by atoms with Gasteiger partial charge in [0.25, 0.3) is 5.56 Å². The Labute approximate surface area is 211 Å². The number of aromatic nitrogens is 1. The van der Waals surface area contributed by atoms with E-state index in [-0.39, 0.29) is 5.56 Å². The molecule has 194 valence electrons. The van der Waals surface area contributed by atoms with Crippen LogP contribution >= 0.6 is 0 Å². The van der Waals surface area contributed by atoms with Gasteiger partial charge in [0.2, 0.25) is 5.75 Å². The fraction of sp³-hybridized carbons (Fsp3) is 0.567. The van der Waals surface area contributed by atoms with Crippen LogP contribution in [-0.4, -0.2) is 24.9 Å². The molecule has 1 aromatic carbocycles. The highest BCUT2D eigenvalue weighted by Gasteiger charge is 2.20. The number of methoxy groups -OCH3 is 1. The third kappa shape index (κ3) is 8.79. The van der Waals surface area contributed by atoms with Crippen molar-refractivity contribution in [1.29, 1.82) is 0 Å². The predicted molar refractivity (Wildman–Crippen MR) is 147 cm³/mol. The number of ether oxygens (including phenoxy) is 3. The molecule has 1 aromatic heterocycles. The first-order valence-electron chi connectivity index (χ1n) is 13.2. The molecule has 0 saturated heterocycles. The molecule has 5 heteroatoms. The van der Waals surface area contributed by atoms with Crippen molar-refractivity contribution >= 4 is 10.9 Å². The molecule has 35 heavy (non-hydrogen) atoms. The summed E-state index contributed by atoms with van der Waals surface area (Å²) in [6.45, 7) is 12.2. The minimum atomic E-state index is -0.131. The lowest BCUT2D eigenvalue weighted by Crippen LogP contribution is -2.24. The van der Waals surface area contributed by atoms with Crippen LogP contribution in [0.15, 0.2) is 46.3 Å². The molecule has 0 radical (unpaired) electrons. The minimum absolute atomic E-state index is 0.131. The first-order valence-corrected chi connectivity index (χ1v) is 13.2. The summed E-state index contributed by atoms with van der Waals surface area (Å²) in [6.07, 6.45) is 12.6. The second-order valence-corrected chi connectivity index (χ2v) is 9.44. The molecule has 2 aromatic rings. The normalized spacial score (nSPS) is 11.5. The van der Waals surface area contributed by atoms with E-state index < -0.39 is 0 Å². The maximum Gasteiger partial charge on any atom is 0.297 e. The van der Waals surface area contributed by atoms with Crippen molar-refractivity contribution in [2.45, 2.75) is 92.5 Å². The zero-order valence-corrected chi connectivity index (χ0v) is 22.7. The zero-order valence-electron chi connectivity index (χ0n) is 22.7. The van der Waals surface area contributed by atoms with Crippen molar-refractivity contribution in [3.8, 4) is 17.2 Å². The summed E-state index contributed by atoms with van der Waals surface area (Å²) >= 11 is 0. The molecule has 2 rings (SSSR count). The van der Waals surface area contributed by atoms with Gasteiger partial charge < -0.3 is 18.8 Å². The van der Waals surface area contributed by atoms with Crippen molar-refractivity contribution < 1.29 is 14.2 Å². The number of pyridine rings is 1. The third-order valence-corrected chi connectivity index (χ3v) is 6.12. The average Bonchev–Trinajstić information content (AvgIpc) is 2.84. The zero-order chi connectivity index (χ0) is 25.6. The molecule has 0 atom stereocenters. The Morgan fingerprint density at radius 2 is 1.71 bits per heavy atom. The first-order chi connectivity index (χ1) is 16.9. The Morgan fingerprint density at radius 3 is 2.40 bits per heavy atom. The average molecular weight is 484 g/mol. The highest BCUT2D eigenvalue weighted by Crippen LogP contribution is 2.35. The second-order valence-electron chi connectivity index (χ2n) is 9.44. The highest BCUT2D eigenvalue weighted by atomic mass is 16.5. The number of rotatable bonds is 16. The van der Waals surface area contributed by atoms with Crippen molar-refractivity contribution in [3.05, 3.63) is 51.9 Å². The summed E-state index contributed by atoms with van der Waals surface area (Å²) in [6, 6.07) is 5.81. The van der Waals surface area contributed by atoms with Gasteiger partial charge in [0.1, 0.15) is 12.4 Å². The van der Waals surface area contributed by atoms with E-state index in [0.717, 1.165) is 61.6 Å². The van der Waals surface area contributed by atoms with E-state index in [2.05, 4.69) is 46.8 Å². The quantitative estimate of drug-likeness (QED) is 0.180. The summed E-state index contributed by atoms with van der Waals surface area (Å²) in [5, 5.41) is 0.876. The summed E-state index contributed by atoms with van der Waals surface area (Å²) in [7, 11) is 1.64. The molecule has 0 amide bonds. The van der Waals surface area contributed by atoms with E-state index >= 15 is 0 Å². The molecule has 0 aliphatic heterocycles. The van der Waals surface area contributed by atoms with E-state index in [0.29, 0.717) is 31.3 Å². The van der Waals surface area contributed by atoms with Gasteiger partial charge in [-0.1, -0.05) is 56.8 Å². The Morgan fingerprint density at radius 1 is 0.943 bits per heavy atom. The monoisotopic (exact) mass is 483 g/mol. The van der Waals surface area contributed by atoms with Gasteiger partial charge in [0.05, 0.1) is 19.2 Å². The van der Waals surface area contributed by atoms with E-state index in [9.17, 15) is 4.79 Å². The lowest BCUT2D eigenvalue weighted by atomic mass is 10.1. The molecule has 5 nitrogen and oxygen atoms in total. The van der Waals surface area contributed by atoms with Crippen molar-refractivity contribution in [1.82, 2.24) is 4.57 Å². The number of aryl methyl sites for hydroxylation is 1. The third-order valence-electron chi connectivity index (χ3n) is 6.12. The standard InChI is InChI=1S/C30H45NO4/c1-7-9-11-12-20-34-29-28(35-21-18-24(5)15-13-14-23(3)4)26-17-16-25(33-6)22-27(26)31(30(29)32)19-10-8-2/h14,16-18,22H,7-13,15,19-21H2,1-6H3/b24-18+. The summed E-state index contributed by atoms with van der Waals surface area (Å²) in [5.41, 5.74) is 3.29. The van der Waals surface area contributed by atoms with Crippen LogP contribution in [0.2, 0.25) is 0 Å². The number of fused-ring (bicyclic) bond motifs is 1. The van der Waals surface area contributed by atoms with Crippen LogP contribution < -0.4 is 19.8 Å². The van der Waals surface area contributed by atoms with Gasteiger partial charge >= 0.3 is 0 Å². The number of benzene rings is 1. The molecule has 0 unspecified atom stereocenters. The number of allylic oxidation sites excluding steroid dienone is 3. The number of unbranched alkanes of at least 4 members (excludes halogenated alkanes) is 4. The molecule has 0 aliphatic carbocycles. The lowest BCUT2D eigenvalue weighted by molar-refractivity contribution is 0.272. The van der Waals surface area contributed by atoms with Gasteiger partial charge in [-0.05, 0) is 64.7 Å². The van der Waals surface area contributed by atoms with Crippen LogP contribution in [0.25, 0.3) is 10.9 Å². The van der Waals surface area contributed by atoms with E-state index in [1.54, 1.807) is 7.11 Å². The molecule has 0 N–H and O–H groups in total. The van der Waals surface area contributed by atoms with Crippen LogP contribution in [0.1, 0.15) is 86.0 Å². The molecule has 0 saturated carbocycles. The maximum absolute atomic E-state index is 13.6. The molecule has 0 fully saturated rings. The van der Waals surface area contributed by atoms with Gasteiger partial charge in [0.15, 0.2) is 5.75 Å². The number of nitrogens with zero attached hydrogens (tertiary/aromatic N) is 1. The molecule has 1 heterocycles. The molecule has 0 aliphatic rings. The Balaban J connectivity index is 2.43. The second kappa shape index (κ2) is 15.3. The summed E-state index contributed by atoms with van der Waals surface area (Å²) in [4.78, 5) is 13.6. The smallest absolute Gasteiger partial charge is 0.297 e. The van der Waals surface area contributed by atoms with Crippen LogP contribution in [0.4, 0.5) is 0 Å². The molecule has 0 spiro atoms. The van der Waals surface area contributed by atoms with E-state index in [1.807, 2.05) is 22.8 Å². The van der Waals surface area contributed by atoms with Crippen LogP contribution in [0.3, 0.4) is 0 Å². The topological polar surface area (TPSA) is 49.7 Å². The van der Waals surface area contributed by atoms with Crippen LogP contribution in [0, 0.1) is 0 Å². The Kier molecular flexibility index (Phi) is 12.5. The van der Waals surface area contributed by atoms with Gasteiger partial charge in [-0.3, -0.25) is 4.79 Å². The Hall–Kier alpha value is -2.69. The van der Waals surface area contributed by atoms with Gasteiger partial charge in [-0.2, -0.15) is 0 Å². The fourth-order valence-corrected chi connectivity index (χ4v) is 3.97. The molecular formula is C30H45NO4. The van der Waals surface area contributed by atoms with Crippen LogP contribution in [-0.2, 0) is 6.54 Å². The summed E-state index contributed by atoms with van der Waals surface area (Å²) < 4.78 is 19.7. The van der Waals surface area contributed by atoms with Crippen molar-refractivity contribution in [3.63, 3.8) is 0 Å². The van der Waals surface area contributed by atoms with E-state index in [4.69, 9.17) is 14.2 Å². The van der Waals surface area contributed by atoms with Crippen LogP contribution in [0.5, 0.6) is 17.2 Å². The minimum Gasteiger partial charge on any atom is -0.497 e. The number of hydrogen-bond donors (Lipinski definition) is 0. The van der Waals surface area contributed by atoms with E-state index in [1.165, 1.54) is 17.6 Å². The fourth-order valence-electron chi connectivity index (χ4n) is 3.97. The first kappa shape index (κ1) is 28.5. The highest BCUT2D eigenvalue weighted by molar-refractivity contribution is 5.89. The van der Waals surface area contributed by atoms with Gasteiger partial charge in [0, 0.05) is 18.0 Å². The number of hydrogen-bond acceptors (Lipinski definition) is 4. The SMILES string of the molecule is CCCCCCOc1c(OC/C=C(\C)CCC=C(C)C)c2ccc(OC)cc2n(CCCC)c1=O. The van der Waals surface area contributed by atoms with Gasteiger partial charge in [-0.15, -0.1) is 0 Å². The molecular weight excluding hydrogens is 438 g/mol. The largest absolute Gasteiger partial charge is 0.497 e. The van der Waals surface area contributed by atoms with Crippen molar-refractivity contribution in [2.75, 3.05) is 20.3 Å². The summed E-state index contributed by atoms with van der Waals surface area (Å²) in [5.74, 6) is 1.58. The van der Waals surface area contributed by atoms with Gasteiger partial charge in [-0.25, -0.2) is 0 Å². The van der Waals surface area contributed by atoms with Crippen molar-refractivity contribution in [2.24, 2.45) is 0 Å². The Bertz CT molecular complexity index is 1040. The lowest BCUT2D eigenvalue weighted by Gasteiger charge is -2.19. The maximum atomic E-state index is 13.6. The molecule has 0 bridgehead atoms. The predicted octanol–water partition coefficient (Wildman–Crippen LogP) is 7.84.